The van der Waals surface area contributed by atoms with Crippen molar-refractivity contribution in [3.8, 4) is 5.75 Å². The summed E-state index contributed by atoms with van der Waals surface area (Å²) in [5, 5.41) is 3.45. The van der Waals surface area contributed by atoms with Crippen LogP contribution in [-0.4, -0.2) is 19.7 Å². The summed E-state index contributed by atoms with van der Waals surface area (Å²) in [6.07, 6.45) is 4.53. The molecule has 0 spiro atoms. The minimum absolute atomic E-state index is 0.872. The maximum atomic E-state index is 5.76. The van der Waals surface area contributed by atoms with E-state index in [0.717, 1.165) is 51.1 Å². The Bertz CT molecular complexity index is 417. The number of nitrogens with one attached hydrogen (secondary N) is 1. The van der Waals surface area contributed by atoms with Crippen molar-refractivity contribution in [3.63, 3.8) is 0 Å². The van der Waals surface area contributed by atoms with E-state index in [9.17, 15) is 0 Å². The van der Waals surface area contributed by atoms with Crippen LogP contribution in [0.3, 0.4) is 0 Å². The molecule has 0 atom stereocenters. The lowest BCUT2D eigenvalue weighted by Gasteiger charge is -2.22. The zero-order valence-electron chi connectivity index (χ0n) is 9.31. The second-order valence-corrected chi connectivity index (χ2v) is 5.30. The third-order valence-corrected chi connectivity index (χ3v) is 4.43. The summed E-state index contributed by atoms with van der Waals surface area (Å²) in [5.74, 6) is 1.11. The van der Waals surface area contributed by atoms with Gasteiger partial charge < -0.3 is 10.1 Å². The summed E-state index contributed by atoms with van der Waals surface area (Å²) in [6.45, 7) is 3.04. The first-order chi connectivity index (χ1) is 7.86. The van der Waals surface area contributed by atoms with E-state index in [1.54, 1.807) is 0 Å². The quantitative estimate of drug-likeness (QED) is 0.789. The summed E-state index contributed by atoms with van der Waals surface area (Å²) in [5.41, 5.74) is 4.33. The molecule has 0 radical (unpaired) electrons. The van der Waals surface area contributed by atoms with E-state index in [2.05, 4.69) is 27.3 Å². The van der Waals surface area contributed by atoms with Gasteiger partial charge >= 0.3 is 0 Å². The Balaban J connectivity index is 2.12. The molecule has 3 rings (SSSR count). The molecule has 0 bridgehead atoms. The largest absolute Gasteiger partial charge is 0.493 e. The summed E-state index contributed by atoms with van der Waals surface area (Å²) >= 11 is 3.78. The number of hydrogen-bond acceptors (Lipinski definition) is 2. The fourth-order valence-electron chi connectivity index (χ4n) is 2.61. The zero-order valence-corrected chi connectivity index (χ0v) is 10.9. The summed E-state index contributed by atoms with van der Waals surface area (Å²) < 4.78 is 7.07. The molecule has 0 saturated carbocycles. The lowest BCUT2D eigenvalue weighted by atomic mass is 9.96. The van der Waals surface area contributed by atoms with E-state index >= 15 is 0 Å². The smallest absolute Gasteiger partial charge is 0.123 e. The number of fused-ring (bicyclic) bond motifs is 2. The third-order valence-electron chi connectivity index (χ3n) is 3.47. The van der Waals surface area contributed by atoms with Gasteiger partial charge in [0.2, 0.25) is 0 Å². The minimum Gasteiger partial charge on any atom is -0.493 e. The molecule has 1 aromatic carbocycles. The molecule has 0 amide bonds. The van der Waals surface area contributed by atoms with Crippen LogP contribution in [-0.2, 0) is 19.3 Å². The van der Waals surface area contributed by atoms with Crippen molar-refractivity contribution in [1.82, 2.24) is 5.32 Å². The molecule has 0 fully saturated rings. The Labute approximate surface area is 105 Å². The average molecular weight is 282 g/mol. The van der Waals surface area contributed by atoms with E-state index in [1.807, 2.05) is 0 Å². The fraction of sp³-hybridized carbons (Fsp3) is 0.538. The standard InChI is InChI=1S/C13H16BrNO/c14-13-10-4-6-15-5-3-9(10)8-12-11(13)2-1-7-16-12/h8,15H,1-7H2. The van der Waals surface area contributed by atoms with Gasteiger partial charge in [-0.3, -0.25) is 0 Å². The highest BCUT2D eigenvalue weighted by Crippen LogP contribution is 2.37. The first kappa shape index (κ1) is 10.6. The van der Waals surface area contributed by atoms with E-state index in [-0.39, 0.29) is 0 Å². The van der Waals surface area contributed by atoms with Crippen LogP contribution in [0.4, 0.5) is 0 Å². The van der Waals surface area contributed by atoms with Gasteiger partial charge in [0.15, 0.2) is 0 Å². The highest BCUT2D eigenvalue weighted by atomic mass is 79.9. The minimum atomic E-state index is 0.872. The van der Waals surface area contributed by atoms with E-state index in [1.165, 1.54) is 21.2 Å². The van der Waals surface area contributed by atoms with Gasteiger partial charge in [-0.2, -0.15) is 0 Å². The van der Waals surface area contributed by atoms with Gasteiger partial charge in [-0.1, -0.05) is 15.9 Å². The van der Waals surface area contributed by atoms with Crippen LogP contribution in [0, 0.1) is 0 Å². The summed E-state index contributed by atoms with van der Waals surface area (Å²) in [6, 6.07) is 2.27. The van der Waals surface area contributed by atoms with Gasteiger partial charge in [0, 0.05) is 10.0 Å². The van der Waals surface area contributed by atoms with Crippen molar-refractivity contribution < 1.29 is 4.74 Å². The van der Waals surface area contributed by atoms with E-state index < -0.39 is 0 Å². The van der Waals surface area contributed by atoms with Crippen molar-refractivity contribution >= 4 is 15.9 Å². The maximum absolute atomic E-state index is 5.76. The Morgan fingerprint density at radius 2 is 2.00 bits per heavy atom. The highest BCUT2D eigenvalue weighted by molar-refractivity contribution is 9.10. The molecule has 0 unspecified atom stereocenters. The Morgan fingerprint density at radius 1 is 1.12 bits per heavy atom. The van der Waals surface area contributed by atoms with Crippen molar-refractivity contribution in [2.24, 2.45) is 0 Å². The van der Waals surface area contributed by atoms with Gasteiger partial charge in [-0.15, -0.1) is 0 Å². The molecule has 1 N–H and O–H groups in total. The Hall–Kier alpha value is -0.540. The van der Waals surface area contributed by atoms with E-state index in [4.69, 9.17) is 4.74 Å². The monoisotopic (exact) mass is 281 g/mol. The molecular formula is C13H16BrNO. The summed E-state index contributed by atoms with van der Waals surface area (Å²) in [4.78, 5) is 0. The number of halogens is 1. The SMILES string of the molecule is Brc1c2c(cc3c1CCCO3)CCNCC2. The van der Waals surface area contributed by atoms with Gasteiger partial charge in [0.05, 0.1) is 6.61 Å². The van der Waals surface area contributed by atoms with Gasteiger partial charge in [-0.05, 0) is 56.0 Å². The molecule has 0 aromatic heterocycles. The molecule has 0 saturated heterocycles. The van der Waals surface area contributed by atoms with Crippen molar-refractivity contribution in [2.45, 2.75) is 25.7 Å². The lowest BCUT2D eigenvalue weighted by Crippen LogP contribution is -2.16. The molecule has 2 nitrogen and oxygen atoms in total. The fourth-order valence-corrected chi connectivity index (χ4v) is 3.46. The van der Waals surface area contributed by atoms with Crippen LogP contribution >= 0.6 is 15.9 Å². The number of hydrogen-bond donors (Lipinski definition) is 1. The molecular weight excluding hydrogens is 266 g/mol. The number of ether oxygens (including phenoxy) is 1. The van der Waals surface area contributed by atoms with Crippen molar-refractivity contribution in [3.05, 3.63) is 27.2 Å². The lowest BCUT2D eigenvalue weighted by molar-refractivity contribution is 0.287. The van der Waals surface area contributed by atoms with Crippen LogP contribution in [0.2, 0.25) is 0 Å². The van der Waals surface area contributed by atoms with Gasteiger partial charge in [-0.25, -0.2) is 0 Å². The normalized spacial score (nSPS) is 19.3. The molecule has 16 heavy (non-hydrogen) atoms. The van der Waals surface area contributed by atoms with Crippen LogP contribution in [0.25, 0.3) is 0 Å². The van der Waals surface area contributed by atoms with E-state index in [0.29, 0.717) is 0 Å². The third kappa shape index (κ3) is 1.76. The number of benzene rings is 1. The molecule has 2 aliphatic heterocycles. The van der Waals surface area contributed by atoms with Crippen LogP contribution in [0.1, 0.15) is 23.1 Å². The molecule has 1 aromatic rings. The highest BCUT2D eigenvalue weighted by Gasteiger charge is 2.20. The second-order valence-electron chi connectivity index (χ2n) is 4.51. The number of rotatable bonds is 0. The molecule has 2 heterocycles. The molecule has 3 heteroatoms. The molecule has 0 aliphatic carbocycles. The average Bonchev–Trinajstić information content (AvgIpc) is 2.55. The zero-order chi connectivity index (χ0) is 11.0. The maximum Gasteiger partial charge on any atom is 0.123 e. The van der Waals surface area contributed by atoms with Crippen LogP contribution < -0.4 is 10.1 Å². The predicted octanol–water partition coefficient (Wildman–Crippen LogP) is 2.46. The van der Waals surface area contributed by atoms with Crippen LogP contribution in [0.15, 0.2) is 10.5 Å². The van der Waals surface area contributed by atoms with Crippen molar-refractivity contribution in [1.29, 1.82) is 0 Å². The van der Waals surface area contributed by atoms with Crippen LogP contribution in [0.5, 0.6) is 5.75 Å². The predicted molar refractivity (Wildman–Crippen MR) is 68.2 cm³/mol. The summed E-state index contributed by atoms with van der Waals surface area (Å²) in [7, 11) is 0. The van der Waals surface area contributed by atoms with Gasteiger partial charge in [0.1, 0.15) is 5.75 Å². The van der Waals surface area contributed by atoms with Crippen molar-refractivity contribution in [2.75, 3.05) is 19.7 Å². The molecule has 2 aliphatic rings. The second kappa shape index (κ2) is 4.38. The molecule has 86 valence electrons. The first-order valence-corrected chi connectivity index (χ1v) is 6.82. The first-order valence-electron chi connectivity index (χ1n) is 6.03. The van der Waals surface area contributed by atoms with Gasteiger partial charge in [0.25, 0.3) is 0 Å². The Morgan fingerprint density at radius 3 is 2.94 bits per heavy atom. The topological polar surface area (TPSA) is 21.3 Å². The Kier molecular flexibility index (Phi) is 2.90.